The predicted molar refractivity (Wildman–Crippen MR) is 109 cm³/mol. The summed E-state index contributed by atoms with van der Waals surface area (Å²) in [6, 6.07) is 8.05. The summed E-state index contributed by atoms with van der Waals surface area (Å²) in [7, 11) is 1.67. The minimum atomic E-state index is -3.53. The molecule has 154 valence electrons. The molecular weight excluding hydrogens is 376 g/mol. The number of piperidine rings is 1. The Morgan fingerprint density at radius 3 is 2.50 bits per heavy atom. The van der Waals surface area contributed by atoms with Crippen molar-refractivity contribution in [3.63, 3.8) is 0 Å². The molecule has 1 spiro atoms. The van der Waals surface area contributed by atoms with Crippen LogP contribution in [-0.4, -0.2) is 81.7 Å². The molecule has 3 heterocycles. The molecule has 3 aliphatic rings. The van der Waals surface area contributed by atoms with E-state index in [4.69, 9.17) is 0 Å². The topological polar surface area (TPSA) is 64.2 Å². The quantitative estimate of drug-likeness (QED) is 0.752. The molecule has 0 N–H and O–H groups in total. The van der Waals surface area contributed by atoms with Gasteiger partial charge in [-0.15, -0.1) is 0 Å². The van der Waals surface area contributed by atoms with Gasteiger partial charge in [0.1, 0.15) is 0 Å². The summed E-state index contributed by atoms with van der Waals surface area (Å²) in [6.07, 6.45) is 2.58. The van der Waals surface area contributed by atoms with Gasteiger partial charge in [0.15, 0.2) is 0 Å². The Morgan fingerprint density at radius 2 is 1.82 bits per heavy atom. The number of fused-ring (bicyclic) bond motifs is 1. The van der Waals surface area contributed by atoms with Crippen molar-refractivity contribution >= 4 is 21.8 Å². The van der Waals surface area contributed by atoms with Crippen LogP contribution in [0.3, 0.4) is 0 Å². The number of anilines is 1. The molecule has 3 aliphatic heterocycles. The van der Waals surface area contributed by atoms with Gasteiger partial charge in [-0.2, -0.15) is 17.0 Å². The Morgan fingerprint density at radius 1 is 1.14 bits per heavy atom. The Bertz CT molecular complexity index is 862. The van der Waals surface area contributed by atoms with E-state index in [9.17, 15) is 13.2 Å². The summed E-state index contributed by atoms with van der Waals surface area (Å²) >= 11 is 0. The standard InChI is InChI=1S/C20H30N4O3S/c1-21(2)28(26,27)23-14-17(20(15-23)9-12-22(3)13-10-20)19(25)24-11-8-16-6-4-5-7-18(16)24/h4-7,17H,8-15H2,1-3H3. The molecule has 2 saturated heterocycles. The van der Waals surface area contributed by atoms with Crippen LogP contribution in [0.1, 0.15) is 18.4 Å². The lowest BCUT2D eigenvalue weighted by Gasteiger charge is -2.41. The van der Waals surface area contributed by atoms with Crippen molar-refractivity contribution in [3.05, 3.63) is 29.8 Å². The number of benzene rings is 1. The molecule has 7 nitrogen and oxygen atoms in total. The van der Waals surface area contributed by atoms with Crippen LogP contribution in [0.2, 0.25) is 0 Å². The van der Waals surface area contributed by atoms with Crippen molar-refractivity contribution < 1.29 is 13.2 Å². The molecule has 0 radical (unpaired) electrons. The second-order valence-electron chi connectivity index (χ2n) is 8.67. The van der Waals surface area contributed by atoms with E-state index in [1.807, 2.05) is 23.1 Å². The third-order valence-electron chi connectivity index (χ3n) is 6.84. The average molecular weight is 407 g/mol. The molecule has 2 fully saturated rings. The Balaban J connectivity index is 1.66. The zero-order valence-corrected chi connectivity index (χ0v) is 17.8. The van der Waals surface area contributed by atoms with Gasteiger partial charge in [-0.05, 0) is 56.4 Å². The highest BCUT2D eigenvalue weighted by molar-refractivity contribution is 7.86. The summed E-state index contributed by atoms with van der Waals surface area (Å²) < 4.78 is 28.4. The van der Waals surface area contributed by atoms with Crippen molar-refractivity contribution in [1.82, 2.24) is 13.5 Å². The maximum absolute atomic E-state index is 13.7. The number of nitrogens with zero attached hydrogens (tertiary/aromatic N) is 4. The summed E-state index contributed by atoms with van der Waals surface area (Å²) in [4.78, 5) is 17.8. The highest BCUT2D eigenvalue weighted by Gasteiger charge is 2.55. The molecular formula is C20H30N4O3S. The van der Waals surface area contributed by atoms with E-state index in [0.717, 1.165) is 38.0 Å². The van der Waals surface area contributed by atoms with Crippen LogP contribution >= 0.6 is 0 Å². The number of carbonyl (C=O) groups excluding carboxylic acids is 1. The SMILES string of the molecule is CN1CCC2(CC1)CN(S(=O)(=O)N(C)C)CC2C(=O)N1CCc2ccccc21. The lowest BCUT2D eigenvalue weighted by Crippen LogP contribution is -2.48. The van der Waals surface area contributed by atoms with Crippen molar-refractivity contribution in [1.29, 1.82) is 0 Å². The first-order valence-electron chi connectivity index (χ1n) is 10.00. The van der Waals surface area contributed by atoms with Gasteiger partial charge in [-0.1, -0.05) is 18.2 Å². The number of amides is 1. The largest absolute Gasteiger partial charge is 0.312 e. The number of likely N-dealkylation sites (tertiary alicyclic amines) is 1. The van der Waals surface area contributed by atoms with Gasteiger partial charge in [0.05, 0.1) is 5.92 Å². The molecule has 8 heteroatoms. The molecule has 1 atom stereocenters. The number of hydrogen-bond acceptors (Lipinski definition) is 4. The summed E-state index contributed by atoms with van der Waals surface area (Å²) in [5.74, 6) is -0.201. The number of rotatable bonds is 3. The first kappa shape index (κ1) is 19.8. The van der Waals surface area contributed by atoms with E-state index in [0.29, 0.717) is 13.1 Å². The predicted octanol–water partition coefficient (Wildman–Crippen LogP) is 1.03. The molecule has 0 aliphatic carbocycles. The fraction of sp³-hybridized carbons (Fsp3) is 0.650. The van der Waals surface area contributed by atoms with Crippen LogP contribution in [0.25, 0.3) is 0 Å². The van der Waals surface area contributed by atoms with E-state index >= 15 is 0 Å². The number of para-hydroxylation sites is 1. The minimum absolute atomic E-state index is 0.0889. The van der Waals surface area contributed by atoms with Crippen LogP contribution in [-0.2, 0) is 21.4 Å². The molecule has 4 rings (SSSR count). The summed E-state index contributed by atoms with van der Waals surface area (Å²) in [6.45, 7) is 3.20. The van der Waals surface area contributed by atoms with Crippen LogP contribution in [0.4, 0.5) is 5.69 Å². The van der Waals surface area contributed by atoms with E-state index in [2.05, 4.69) is 18.0 Å². The van der Waals surface area contributed by atoms with Gasteiger partial charge < -0.3 is 9.80 Å². The lowest BCUT2D eigenvalue weighted by molar-refractivity contribution is -0.125. The fourth-order valence-electron chi connectivity index (χ4n) is 5.00. The van der Waals surface area contributed by atoms with Crippen molar-refractivity contribution in [3.8, 4) is 0 Å². The van der Waals surface area contributed by atoms with Crippen molar-refractivity contribution in [2.45, 2.75) is 19.3 Å². The Kier molecular flexibility index (Phi) is 5.02. The molecule has 0 bridgehead atoms. The molecule has 0 aromatic heterocycles. The zero-order chi connectivity index (χ0) is 20.1. The highest BCUT2D eigenvalue weighted by Crippen LogP contribution is 2.47. The highest BCUT2D eigenvalue weighted by atomic mass is 32.2. The average Bonchev–Trinajstić information content (AvgIpc) is 3.26. The van der Waals surface area contributed by atoms with Gasteiger partial charge in [0.2, 0.25) is 5.91 Å². The van der Waals surface area contributed by atoms with Gasteiger partial charge in [0, 0.05) is 39.4 Å². The first-order chi connectivity index (χ1) is 13.2. The fourth-order valence-corrected chi connectivity index (χ4v) is 6.22. The number of carbonyl (C=O) groups is 1. The van der Waals surface area contributed by atoms with E-state index < -0.39 is 10.2 Å². The van der Waals surface area contributed by atoms with Gasteiger partial charge in [0.25, 0.3) is 10.2 Å². The van der Waals surface area contributed by atoms with Crippen LogP contribution in [0.15, 0.2) is 24.3 Å². The second kappa shape index (κ2) is 7.09. The third kappa shape index (κ3) is 3.16. The maximum atomic E-state index is 13.7. The van der Waals surface area contributed by atoms with Gasteiger partial charge in [-0.3, -0.25) is 4.79 Å². The van der Waals surface area contributed by atoms with Crippen LogP contribution in [0.5, 0.6) is 0 Å². The molecule has 0 saturated carbocycles. The van der Waals surface area contributed by atoms with Gasteiger partial charge in [-0.25, -0.2) is 0 Å². The Labute approximate surface area is 168 Å². The monoisotopic (exact) mass is 406 g/mol. The normalized spacial score (nSPS) is 25.6. The molecule has 1 unspecified atom stereocenters. The van der Waals surface area contributed by atoms with E-state index in [1.54, 1.807) is 14.1 Å². The Hall–Kier alpha value is -1.48. The third-order valence-corrected chi connectivity index (χ3v) is 8.69. The van der Waals surface area contributed by atoms with Crippen molar-refractivity contribution in [2.75, 3.05) is 58.8 Å². The van der Waals surface area contributed by atoms with Crippen LogP contribution < -0.4 is 4.90 Å². The minimum Gasteiger partial charge on any atom is -0.312 e. The molecule has 28 heavy (non-hydrogen) atoms. The molecule has 1 amide bonds. The lowest BCUT2D eigenvalue weighted by atomic mass is 9.70. The summed E-state index contributed by atoms with van der Waals surface area (Å²) in [5.41, 5.74) is 1.91. The smallest absolute Gasteiger partial charge is 0.281 e. The van der Waals surface area contributed by atoms with Crippen molar-refractivity contribution in [2.24, 2.45) is 11.3 Å². The second-order valence-corrected chi connectivity index (χ2v) is 10.8. The van der Waals surface area contributed by atoms with E-state index in [-0.39, 0.29) is 23.8 Å². The summed E-state index contributed by atoms with van der Waals surface area (Å²) in [5, 5.41) is 0. The first-order valence-corrected chi connectivity index (χ1v) is 11.4. The van der Waals surface area contributed by atoms with Crippen LogP contribution in [0, 0.1) is 11.3 Å². The number of hydrogen-bond donors (Lipinski definition) is 0. The maximum Gasteiger partial charge on any atom is 0.281 e. The zero-order valence-electron chi connectivity index (χ0n) is 17.0. The van der Waals surface area contributed by atoms with E-state index in [1.165, 1.54) is 14.2 Å². The molecule has 1 aromatic carbocycles. The molecule has 1 aromatic rings. The van der Waals surface area contributed by atoms with Gasteiger partial charge >= 0.3 is 0 Å².